The van der Waals surface area contributed by atoms with Crippen LogP contribution in [0.4, 0.5) is 0 Å². The lowest BCUT2D eigenvalue weighted by Crippen LogP contribution is -2.46. The van der Waals surface area contributed by atoms with Gasteiger partial charge in [0.1, 0.15) is 18.0 Å². The van der Waals surface area contributed by atoms with Crippen molar-refractivity contribution in [2.45, 2.75) is 32.9 Å². The SMILES string of the molecule is COc1ccc(C2=NN(CC(=O)NC(C)(C)C)C(=O)c3cc4sccc4n3C2)cc1. The van der Waals surface area contributed by atoms with Gasteiger partial charge in [-0.25, -0.2) is 5.01 Å². The van der Waals surface area contributed by atoms with E-state index in [0.717, 1.165) is 21.5 Å². The topological polar surface area (TPSA) is 75.9 Å². The number of fused-ring (bicyclic) bond motifs is 3. The molecule has 0 unspecified atom stereocenters. The molecule has 0 atom stereocenters. The van der Waals surface area contributed by atoms with Crippen LogP contribution in [0, 0.1) is 0 Å². The molecule has 156 valence electrons. The quantitative estimate of drug-likeness (QED) is 0.697. The fourth-order valence-corrected chi connectivity index (χ4v) is 4.28. The van der Waals surface area contributed by atoms with Crippen molar-refractivity contribution in [3.8, 4) is 5.75 Å². The zero-order valence-corrected chi connectivity index (χ0v) is 18.2. The molecule has 30 heavy (non-hydrogen) atoms. The van der Waals surface area contributed by atoms with E-state index in [1.54, 1.807) is 18.4 Å². The van der Waals surface area contributed by atoms with Crippen molar-refractivity contribution in [1.82, 2.24) is 14.9 Å². The van der Waals surface area contributed by atoms with Gasteiger partial charge in [-0.3, -0.25) is 9.59 Å². The lowest BCUT2D eigenvalue weighted by Gasteiger charge is -2.23. The molecule has 1 N–H and O–H groups in total. The average molecular weight is 425 g/mol. The first-order chi connectivity index (χ1) is 14.2. The smallest absolute Gasteiger partial charge is 0.291 e. The first kappa shape index (κ1) is 20.2. The molecule has 0 fully saturated rings. The molecular weight excluding hydrogens is 400 g/mol. The van der Waals surface area contributed by atoms with Crippen LogP contribution in [0.2, 0.25) is 0 Å². The highest BCUT2D eigenvalue weighted by Crippen LogP contribution is 2.28. The fraction of sp³-hybridized carbons (Fsp3) is 0.318. The summed E-state index contributed by atoms with van der Waals surface area (Å²) in [6, 6.07) is 11.4. The third-order valence-corrected chi connectivity index (χ3v) is 5.61. The third-order valence-electron chi connectivity index (χ3n) is 4.76. The van der Waals surface area contributed by atoms with E-state index in [1.807, 2.05) is 67.1 Å². The second-order valence-corrected chi connectivity index (χ2v) is 9.17. The number of nitrogens with one attached hydrogen (secondary N) is 1. The molecule has 0 spiro atoms. The summed E-state index contributed by atoms with van der Waals surface area (Å²) in [6.45, 7) is 6.00. The Labute approximate surface area is 178 Å². The van der Waals surface area contributed by atoms with Gasteiger partial charge in [0, 0.05) is 5.54 Å². The number of thiophene rings is 1. The summed E-state index contributed by atoms with van der Waals surface area (Å²) in [5, 5.41) is 10.8. The summed E-state index contributed by atoms with van der Waals surface area (Å²) in [5.41, 5.74) is 2.71. The van der Waals surface area contributed by atoms with Crippen molar-refractivity contribution in [1.29, 1.82) is 0 Å². The van der Waals surface area contributed by atoms with E-state index in [4.69, 9.17) is 4.74 Å². The monoisotopic (exact) mass is 424 g/mol. The summed E-state index contributed by atoms with van der Waals surface area (Å²) in [5.74, 6) is 0.203. The first-order valence-electron chi connectivity index (χ1n) is 9.67. The molecule has 0 saturated carbocycles. The number of hydrogen-bond acceptors (Lipinski definition) is 5. The van der Waals surface area contributed by atoms with Gasteiger partial charge < -0.3 is 14.6 Å². The summed E-state index contributed by atoms with van der Waals surface area (Å²) in [7, 11) is 1.62. The second-order valence-electron chi connectivity index (χ2n) is 8.22. The number of benzene rings is 1. The molecule has 4 rings (SSSR count). The van der Waals surface area contributed by atoms with Crippen LogP contribution in [0.3, 0.4) is 0 Å². The minimum atomic E-state index is -0.392. The minimum absolute atomic E-state index is 0.144. The number of ether oxygens (including phenoxy) is 1. The van der Waals surface area contributed by atoms with Crippen LogP contribution in [0.5, 0.6) is 5.75 Å². The molecule has 0 bridgehead atoms. The summed E-state index contributed by atoms with van der Waals surface area (Å²) >= 11 is 1.59. The molecule has 0 aliphatic carbocycles. The van der Waals surface area contributed by atoms with Crippen LogP contribution in [0.15, 0.2) is 46.9 Å². The molecule has 3 heterocycles. The Bertz CT molecular complexity index is 1140. The first-order valence-corrected chi connectivity index (χ1v) is 10.5. The van der Waals surface area contributed by atoms with Gasteiger partial charge in [-0.05, 0) is 68.1 Å². The zero-order chi connectivity index (χ0) is 21.5. The molecular formula is C22H24N4O3S. The molecule has 1 aliphatic rings. The van der Waals surface area contributed by atoms with Crippen LogP contribution < -0.4 is 10.1 Å². The Hall–Kier alpha value is -3.13. The van der Waals surface area contributed by atoms with Crippen LogP contribution in [-0.4, -0.2) is 46.3 Å². The van der Waals surface area contributed by atoms with Crippen molar-refractivity contribution in [2.75, 3.05) is 13.7 Å². The number of rotatable bonds is 4. The normalized spacial score (nSPS) is 14.3. The van der Waals surface area contributed by atoms with Crippen LogP contribution >= 0.6 is 11.3 Å². The van der Waals surface area contributed by atoms with E-state index < -0.39 is 5.54 Å². The van der Waals surface area contributed by atoms with Gasteiger partial charge in [0.2, 0.25) is 5.91 Å². The number of carbonyl (C=O) groups is 2. The van der Waals surface area contributed by atoms with E-state index in [0.29, 0.717) is 18.0 Å². The maximum absolute atomic E-state index is 13.3. The molecule has 1 aliphatic heterocycles. The van der Waals surface area contributed by atoms with Gasteiger partial charge in [-0.1, -0.05) is 0 Å². The second kappa shape index (κ2) is 7.60. The van der Waals surface area contributed by atoms with Gasteiger partial charge in [0.15, 0.2) is 0 Å². The van der Waals surface area contributed by atoms with E-state index >= 15 is 0 Å². The van der Waals surface area contributed by atoms with Crippen LogP contribution in [0.25, 0.3) is 10.2 Å². The molecule has 2 amide bonds. The van der Waals surface area contributed by atoms with Gasteiger partial charge in [-0.15, -0.1) is 11.3 Å². The van der Waals surface area contributed by atoms with E-state index in [2.05, 4.69) is 10.4 Å². The maximum atomic E-state index is 13.3. The minimum Gasteiger partial charge on any atom is -0.497 e. The predicted molar refractivity (Wildman–Crippen MR) is 118 cm³/mol. The van der Waals surface area contributed by atoms with Crippen molar-refractivity contribution in [2.24, 2.45) is 5.10 Å². The number of aromatic nitrogens is 1. The highest BCUT2D eigenvalue weighted by atomic mass is 32.1. The molecule has 8 heteroatoms. The number of amides is 2. The number of carbonyl (C=O) groups excluding carboxylic acids is 2. The Morgan fingerprint density at radius 1 is 1.23 bits per heavy atom. The average Bonchev–Trinajstić information content (AvgIpc) is 3.24. The van der Waals surface area contributed by atoms with E-state index in [1.165, 1.54) is 5.01 Å². The molecule has 1 aromatic carbocycles. The van der Waals surface area contributed by atoms with Gasteiger partial charge in [0.25, 0.3) is 5.91 Å². The number of hydrogen-bond donors (Lipinski definition) is 1. The van der Waals surface area contributed by atoms with Gasteiger partial charge in [-0.2, -0.15) is 5.10 Å². The predicted octanol–water partition coefficient (Wildman–Crippen LogP) is 3.49. The molecule has 7 nitrogen and oxygen atoms in total. The lowest BCUT2D eigenvalue weighted by molar-refractivity contribution is -0.123. The molecule has 2 aromatic heterocycles. The number of methoxy groups -OCH3 is 1. The molecule has 3 aromatic rings. The summed E-state index contributed by atoms with van der Waals surface area (Å²) < 4.78 is 8.26. The highest BCUT2D eigenvalue weighted by molar-refractivity contribution is 7.17. The standard InChI is InChI=1S/C22H24N4O3S/c1-22(2,3)23-20(27)13-26-21(28)18-11-19-17(9-10-30-19)25(18)12-16(24-26)14-5-7-15(29-4)8-6-14/h5-11H,12-13H2,1-4H3,(H,23,27). The van der Waals surface area contributed by atoms with Gasteiger partial charge in [0.05, 0.1) is 29.6 Å². The van der Waals surface area contributed by atoms with Crippen molar-refractivity contribution in [3.05, 3.63) is 53.0 Å². The zero-order valence-electron chi connectivity index (χ0n) is 17.4. The van der Waals surface area contributed by atoms with Gasteiger partial charge >= 0.3 is 0 Å². The van der Waals surface area contributed by atoms with Crippen LogP contribution in [0.1, 0.15) is 36.8 Å². The summed E-state index contributed by atoms with van der Waals surface area (Å²) in [6.07, 6.45) is 0. The van der Waals surface area contributed by atoms with Crippen LogP contribution in [-0.2, 0) is 11.3 Å². The Morgan fingerprint density at radius 2 is 1.97 bits per heavy atom. The van der Waals surface area contributed by atoms with Crippen molar-refractivity contribution >= 4 is 39.1 Å². The maximum Gasteiger partial charge on any atom is 0.291 e. The Balaban J connectivity index is 1.76. The highest BCUT2D eigenvalue weighted by Gasteiger charge is 2.29. The van der Waals surface area contributed by atoms with Crippen molar-refractivity contribution < 1.29 is 14.3 Å². The Kier molecular flexibility index (Phi) is 5.11. The Morgan fingerprint density at radius 3 is 2.63 bits per heavy atom. The lowest BCUT2D eigenvalue weighted by atomic mass is 10.1. The molecule has 0 radical (unpaired) electrons. The largest absolute Gasteiger partial charge is 0.497 e. The van der Waals surface area contributed by atoms with Crippen molar-refractivity contribution in [3.63, 3.8) is 0 Å². The third kappa shape index (κ3) is 3.95. The summed E-state index contributed by atoms with van der Waals surface area (Å²) in [4.78, 5) is 25.8. The molecule has 0 saturated heterocycles. The fourth-order valence-electron chi connectivity index (χ4n) is 3.46. The van der Waals surface area contributed by atoms with E-state index in [9.17, 15) is 9.59 Å². The van der Waals surface area contributed by atoms with E-state index in [-0.39, 0.29) is 18.4 Å². The number of nitrogens with zero attached hydrogens (tertiary/aromatic N) is 3. The number of hydrazone groups is 1.